The molecule has 2 aliphatic rings. The maximum Gasteiger partial charge on any atom is 0.123 e. The van der Waals surface area contributed by atoms with Gasteiger partial charge in [0.05, 0.1) is 0 Å². The Kier molecular flexibility index (Phi) is 3.68. The van der Waals surface area contributed by atoms with E-state index in [1.165, 1.54) is 18.2 Å². The zero-order valence-electron chi connectivity index (χ0n) is 11.0. The van der Waals surface area contributed by atoms with Crippen LogP contribution >= 0.6 is 0 Å². The zero-order chi connectivity index (χ0) is 13.2. The Morgan fingerprint density at radius 2 is 2.00 bits per heavy atom. The third-order valence-electron chi connectivity index (χ3n) is 4.04. The summed E-state index contributed by atoms with van der Waals surface area (Å²) in [5.74, 6) is -0.0981. The Balaban J connectivity index is 1.52. The molecular formula is C14H20FN3O. The summed E-state index contributed by atoms with van der Waals surface area (Å²) in [5, 5.41) is 13.1. The molecule has 0 amide bonds. The van der Waals surface area contributed by atoms with Crippen LogP contribution in [0.1, 0.15) is 5.56 Å². The molecule has 0 saturated carbocycles. The van der Waals surface area contributed by atoms with Gasteiger partial charge in [-0.2, -0.15) is 0 Å². The number of benzene rings is 1. The minimum absolute atomic E-state index is 0.187. The van der Waals surface area contributed by atoms with E-state index >= 15 is 0 Å². The van der Waals surface area contributed by atoms with Gasteiger partial charge >= 0.3 is 0 Å². The lowest BCUT2D eigenvalue weighted by Crippen LogP contribution is -2.62. The molecule has 2 aliphatic heterocycles. The van der Waals surface area contributed by atoms with Gasteiger partial charge in [-0.3, -0.25) is 9.80 Å². The molecule has 2 heterocycles. The molecule has 0 bridgehead atoms. The van der Waals surface area contributed by atoms with E-state index in [0.717, 1.165) is 39.3 Å². The average molecular weight is 265 g/mol. The first kappa shape index (κ1) is 12.8. The molecule has 0 aromatic heterocycles. The van der Waals surface area contributed by atoms with Crippen molar-refractivity contribution in [2.24, 2.45) is 0 Å². The summed E-state index contributed by atoms with van der Waals surface area (Å²) in [6, 6.07) is 4.77. The van der Waals surface area contributed by atoms with E-state index in [4.69, 9.17) is 0 Å². The summed E-state index contributed by atoms with van der Waals surface area (Å²) in [5.41, 5.74) is 0.679. The molecule has 3 rings (SSSR count). The Hall–Kier alpha value is -1.17. The lowest BCUT2D eigenvalue weighted by molar-refractivity contribution is 0.0219. The Morgan fingerprint density at radius 1 is 1.26 bits per heavy atom. The van der Waals surface area contributed by atoms with Crippen LogP contribution in [0.2, 0.25) is 0 Å². The van der Waals surface area contributed by atoms with Gasteiger partial charge in [-0.15, -0.1) is 0 Å². The molecule has 5 heteroatoms. The molecule has 104 valence electrons. The smallest absolute Gasteiger partial charge is 0.123 e. The third kappa shape index (κ3) is 2.88. The summed E-state index contributed by atoms with van der Waals surface area (Å²) in [4.78, 5) is 4.76. The van der Waals surface area contributed by atoms with E-state index in [0.29, 0.717) is 18.2 Å². The van der Waals surface area contributed by atoms with Crippen LogP contribution in [0.25, 0.3) is 0 Å². The standard InChI is InChI=1S/C14H20FN3O/c15-12-1-2-14(19)11(7-12)8-17-9-13(10-17)18-5-3-16-4-6-18/h1-2,7,13,16,19H,3-6,8-10H2. The number of phenols is 1. The van der Waals surface area contributed by atoms with E-state index in [-0.39, 0.29) is 11.6 Å². The molecule has 1 aromatic carbocycles. The number of rotatable bonds is 3. The largest absolute Gasteiger partial charge is 0.508 e. The Morgan fingerprint density at radius 3 is 2.74 bits per heavy atom. The molecule has 2 fully saturated rings. The van der Waals surface area contributed by atoms with Crippen LogP contribution < -0.4 is 5.32 Å². The molecular weight excluding hydrogens is 245 g/mol. The molecule has 0 spiro atoms. The van der Waals surface area contributed by atoms with E-state index in [9.17, 15) is 9.50 Å². The molecule has 2 saturated heterocycles. The fourth-order valence-corrected chi connectivity index (χ4v) is 2.87. The van der Waals surface area contributed by atoms with Crippen LogP contribution in [0, 0.1) is 5.82 Å². The minimum Gasteiger partial charge on any atom is -0.508 e. The molecule has 0 atom stereocenters. The summed E-state index contributed by atoms with van der Waals surface area (Å²) >= 11 is 0. The normalized spacial score (nSPS) is 22.4. The van der Waals surface area contributed by atoms with E-state index in [2.05, 4.69) is 15.1 Å². The van der Waals surface area contributed by atoms with Crippen molar-refractivity contribution in [1.82, 2.24) is 15.1 Å². The number of nitrogens with one attached hydrogen (secondary N) is 1. The molecule has 19 heavy (non-hydrogen) atoms. The van der Waals surface area contributed by atoms with Crippen LogP contribution in [-0.2, 0) is 6.54 Å². The van der Waals surface area contributed by atoms with Gasteiger partial charge in [0.25, 0.3) is 0 Å². The van der Waals surface area contributed by atoms with Crippen molar-refractivity contribution < 1.29 is 9.50 Å². The number of nitrogens with zero attached hydrogens (tertiary/aromatic N) is 2. The first-order valence-corrected chi connectivity index (χ1v) is 6.87. The number of halogens is 1. The van der Waals surface area contributed by atoms with Crippen molar-refractivity contribution in [3.63, 3.8) is 0 Å². The highest BCUT2D eigenvalue weighted by Gasteiger charge is 2.32. The van der Waals surface area contributed by atoms with Crippen molar-refractivity contribution in [2.75, 3.05) is 39.3 Å². The van der Waals surface area contributed by atoms with Crippen molar-refractivity contribution in [3.05, 3.63) is 29.6 Å². The van der Waals surface area contributed by atoms with Crippen LogP contribution in [0.3, 0.4) is 0 Å². The first-order valence-electron chi connectivity index (χ1n) is 6.87. The highest BCUT2D eigenvalue weighted by molar-refractivity contribution is 5.32. The van der Waals surface area contributed by atoms with Gasteiger partial charge in [0.15, 0.2) is 0 Å². The molecule has 0 radical (unpaired) electrons. The third-order valence-corrected chi connectivity index (χ3v) is 4.04. The van der Waals surface area contributed by atoms with Crippen molar-refractivity contribution in [2.45, 2.75) is 12.6 Å². The molecule has 2 N–H and O–H groups in total. The second kappa shape index (κ2) is 5.45. The maximum absolute atomic E-state index is 13.1. The summed E-state index contributed by atoms with van der Waals surface area (Å²) in [6.45, 7) is 7.02. The molecule has 0 aliphatic carbocycles. The monoisotopic (exact) mass is 265 g/mol. The Bertz CT molecular complexity index is 442. The predicted octanol–water partition coefficient (Wildman–Crippen LogP) is 0.621. The Labute approximate surface area is 112 Å². The van der Waals surface area contributed by atoms with Gasteiger partial charge in [0, 0.05) is 57.4 Å². The van der Waals surface area contributed by atoms with Gasteiger partial charge < -0.3 is 10.4 Å². The highest BCUT2D eigenvalue weighted by Crippen LogP contribution is 2.23. The van der Waals surface area contributed by atoms with Crippen molar-refractivity contribution >= 4 is 0 Å². The van der Waals surface area contributed by atoms with E-state index < -0.39 is 0 Å². The molecule has 1 aromatic rings. The lowest BCUT2D eigenvalue weighted by Gasteiger charge is -2.46. The topological polar surface area (TPSA) is 38.7 Å². The molecule has 4 nitrogen and oxygen atoms in total. The van der Waals surface area contributed by atoms with Crippen molar-refractivity contribution in [1.29, 1.82) is 0 Å². The fraction of sp³-hybridized carbons (Fsp3) is 0.571. The van der Waals surface area contributed by atoms with Gasteiger partial charge in [-0.05, 0) is 18.2 Å². The number of phenolic OH excluding ortho intramolecular Hbond substituents is 1. The number of hydrogen-bond donors (Lipinski definition) is 2. The summed E-state index contributed by atoms with van der Waals surface area (Å²) in [6.07, 6.45) is 0. The number of aromatic hydroxyl groups is 1. The van der Waals surface area contributed by atoms with Crippen LogP contribution in [0.4, 0.5) is 4.39 Å². The predicted molar refractivity (Wildman–Crippen MR) is 71.6 cm³/mol. The SMILES string of the molecule is Oc1ccc(F)cc1CN1CC(N2CCNCC2)C1. The van der Waals surface area contributed by atoms with Crippen LogP contribution in [0.15, 0.2) is 18.2 Å². The quantitative estimate of drug-likeness (QED) is 0.840. The fourth-order valence-electron chi connectivity index (χ4n) is 2.87. The number of piperazine rings is 1. The van der Waals surface area contributed by atoms with Gasteiger partial charge in [-0.25, -0.2) is 4.39 Å². The highest BCUT2D eigenvalue weighted by atomic mass is 19.1. The first-order chi connectivity index (χ1) is 9.22. The van der Waals surface area contributed by atoms with Crippen molar-refractivity contribution in [3.8, 4) is 5.75 Å². The van der Waals surface area contributed by atoms with Gasteiger partial charge in [0.2, 0.25) is 0 Å². The lowest BCUT2D eigenvalue weighted by atomic mass is 10.0. The minimum atomic E-state index is -0.285. The van der Waals surface area contributed by atoms with Gasteiger partial charge in [-0.1, -0.05) is 0 Å². The number of likely N-dealkylation sites (tertiary alicyclic amines) is 1. The molecule has 0 unspecified atom stereocenters. The average Bonchev–Trinajstić information content (AvgIpc) is 2.38. The number of hydrogen-bond acceptors (Lipinski definition) is 4. The van der Waals surface area contributed by atoms with Crippen LogP contribution in [0.5, 0.6) is 5.75 Å². The zero-order valence-corrected chi connectivity index (χ0v) is 11.0. The summed E-state index contributed by atoms with van der Waals surface area (Å²) < 4.78 is 13.1. The van der Waals surface area contributed by atoms with E-state index in [1.807, 2.05) is 0 Å². The maximum atomic E-state index is 13.1. The second-order valence-corrected chi connectivity index (χ2v) is 5.41. The summed E-state index contributed by atoms with van der Waals surface area (Å²) in [7, 11) is 0. The second-order valence-electron chi connectivity index (χ2n) is 5.41. The van der Waals surface area contributed by atoms with E-state index in [1.54, 1.807) is 0 Å². The van der Waals surface area contributed by atoms with Crippen LogP contribution in [-0.4, -0.2) is 60.2 Å². The van der Waals surface area contributed by atoms with Gasteiger partial charge in [0.1, 0.15) is 11.6 Å².